The first-order valence-corrected chi connectivity index (χ1v) is 7.89. The van der Waals surface area contributed by atoms with Crippen LogP contribution in [0.4, 0.5) is 0 Å². The first kappa shape index (κ1) is 15.8. The van der Waals surface area contributed by atoms with Gasteiger partial charge in [-0.05, 0) is 17.8 Å². The number of amidine groups is 1. The molecular formula is C14H28N2OS. The summed E-state index contributed by atoms with van der Waals surface area (Å²) in [5, 5.41) is 4.64. The normalized spacial score (nSPS) is 23.4. The van der Waals surface area contributed by atoms with Gasteiger partial charge in [-0.3, -0.25) is 4.99 Å². The second-order valence-electron chi connectivity index (χ2n) is 6.36. The largest absolute Gasteiger partial charge is 0.379 e. The van der Waals surface area contributed by atoms with Gasteiger partial charge in [0.15, 0.2) is 5.17 Å². The maximum absolute atomic E-state index is 5.54. The lowest BCUT2D eigenvalue weighted by molar-refractivity contribution is 0.117. The number of hydrogen-bond donors (Lipinski definition) is 1. The summed E-state index contributed by atoms with van der Waals surface area (Å²) in [5.41, 5.74) is 0.301. The van der Waals surface area contributed by atoms with Crippen molar-refractivity contribution >= 4 is 16.9 Å². The van der Waals surface area contributed by atoms with Gasteiger partial charge in [0, 0.05) is 18.4 Å². The number of nitrogens with zero attached hydrogens (tertiary/aromatic N) is 1. The molecule has 1 heterocycles. The molecule has 4 heteroatoms. The molecule has 0 aromatic heterocycles. The standard InChI is InChI=1S/C14H28N2OS/c1-11(2)10-17-8-7-15-13-16-12(6-9-18-13)14(3,4)5/h11-12H,6-10H2,1-5H3,(H,15,16). The van der Waals surface area contributed by atoms with Crippen LogP contribution in [0.5, 0.6) is 0 Å². The molecule has 0 aromatic rings. The summed E-state index contributed by atoms with van der Waals surface area (Å²) >= 11 is 1.83. The van der Waals surface area contributed by atoms with E-state index >= 15 is 0 Å². The third-order valence-electron chi connectivity index (χ3n) is 2.93. The molecule has 18 heavy (non-hydrogen) atoms. The number of ether oxygens (including phenoxy) is 1. The summed E-state index contributed by atoms with van der Waals surface area (Å²) in [6, 6.07) is 0.536. The minimum absolute atomic E-state index is 0.301. The second-order valence-corrected chi connectivity index (χ2v) is 7.44. The summed E-state index contributed by atoms with van der Waals surface area (Å²) in [6.45, 7) is 13.5. The van der Waals surface area contributed by atoms with Crippen LogP contribution in [0.1, 0.15) is 41.0 Å². The first-order valence-electron chi connectivity index (χ1n) is 6.91. The van der Waals surface area contributed by atoms with Crippen molar-refractivity contribution in [1.82, 2.24) is 5.32 Å². The van der Waals surface area contributed by atoms with E-state index in [-0.39, 0.29) is 0 Å². The average Bonchev–Trinajstić information content (AvgIpc) is 2.27. The van der Waals surface area contributed by atoms with Gasteiger partial charge >= 0.3 is 0 Å². The van der Waals surface area contributed by atoms with E-state index in [2.05, 4.69) is 44.9 Å². The number of rotatable bonds is 5. The summed E-state index contributed by atoms with van der Waals surface area (Å²) in [6.07, 6.45) is 1.22. The Morgan fingerprint density at radius 2 is 2.17 bits per heavy atom. The Bertz CT molecular complexity index is 271. The minimum atomic E-state index is 0.301. The van der Waals surface area contributed by atoms with Crippen molar-refractivity contribution in [3.63, 3.8) is 0 Å². The molecule has 0 aliphatic carbocycles. The van der Waals surface area contributed by atoms with E-state index in [9.17, 15) is 0 Å². The van der Waals surface area contributed by atoms with E-state index in [1.807, 2.05) is 11.8 Å². The Morgan fingerprint density at radius 1 is 1.44 bits per heavy atom. The summed E-state index contributed by atoms with van der Waals surface area (Å²) < 4.78 is 5.54. The van der Waals surface area contributed by atoms with E-state index in [0.29, 0.717) is 17.4 Å². The van der Waals surface area contributed by atoms with Crippen molar-refractivity contribution in [2.75, 3.05) is 25.5 Å². The highest BCUT2D eigenvalue weighted by molar-refractivity contribution is 8.13. The maximum Gasteiger partial charge on any atom is 0.156 e. The van der Waals surface area contributed by atoms with Crippen molar-refractivity contribution in [3.8, 4) is 0 Å². The van der Waals surface area contributed by atoms with Gasteiger partial charge in [-0.25, -0.2) is 0 Å². The molecule has 1 N–H and O–H groups in total. The molecule has 0 amide bonds. The molecule has 0 radical (unpaired) electrons. The van der Waals surface area contributed by atoms with Gasteiger partial charge in [0.2, 0.25) is 0 Å². The van der Waals surface area contributed by atoms with Crippen LogP contribution in [0.2, 0.25) is 0 Å². The number of aliphatic imine (C=N–C) groups is 1. The lowest BCUT2D eigenvalue weighted by atomic mass is 9.85. The molecule has 1 fully saturated rings. The fourth-order valence-corrected chi connectivity index (χ4v) is 2.76. The molecule has 1 atom stereocenters. The van der Waals surface area contributed by atoms with Gasteiger partial charge in [0.05, 0.1) is 13.2 Å². The van der Waals surface area contributed by atoms with Crippen LogP contribution in [0.3, 0.4) is 0 Å². The molecule has 1 rings (SSSR count). The monoisotopic (exact) mass is 272 g/mol. The molecule has 0 bridgehead atoms. The quantitative estimate of drug-likeness (QED) is 0.781. The zero-order chi connectivity index (χ0) is 13.6. The van der Waals surface area contributed by atoms with Gasteiger partial charge in [-0.15, -0.1) is 0 Å². The van der Waals surface area contributed by atoms with Gasteiger partial charge in [0.25, 0.3) is 0 Å². The Labute approximate surface area is 116 Å². The summed E-state index contributed by atoms with van der Waals surface area (Å²) in [4.78, 5) is 4.59. The highest BCUT2D eigenvalue weighted by Gasteiger charge is 2.28. The molecule has 1 aliphatic rings. The summed E-state index contributed by atoms with van der Waals surface area (Å²) in [7, 11) is 0. The molecule has 0 aromatic carbocycles. The SMILES string of the molecule is CC(C)COCCN=C1NC(C(C)(C)C)CCS1. The Balaban J connectivity index is 2.28. The van der Waals surface area contributed by atoms with E-state index in [4.69, 9.17) is 4.74 Å². The van der Waals surface area contributed by atoms with E-state index in [0.717, 1.165) is 24.9 Å². The van der Waals surface area contributed by atoms with E-state index in [1.54, 1.807) is 0 Å². The van der Waals surface area contributed by atoms with Gasteiger partial charge in [-0.2, -0.15) is 0 Å². The first-order chi connectivity index (χ1) is 8.39. The molecule has 106 valence electrons. The van der Waals surface area contributed by atoms with Crippen LogP contribution < -0.4 is 5.32 Å². The lowest BCUT2D eigenvalue weighted by Crippen LogP contribution is -2.46. The van der Waals surface area contributed by atoms with Crippen molar-refractivity contribution in [3.05, 3.63) is 0 Å². The van der Waals surface area contributed by atoms with E-state index < -0.39 is 0 Å². The topological polar surface area (TPSA) is 33.6 Å². The van der Waals surface area contributed by atoms with Crippen LogP contribution in [0.25, 0.3) is 0 Å². The fourth-order valence-electron chi connectivity index (χ4n) is 1.81. The van der Waals surface area contributed by atoms with Crippen LogP contribution >= 0.6 is 11.8 Å². The number of nitrogens with one attached hydrogen (secondary N) is 1. The average molecular weight is 272 g/mol. The molecule has 1 unspecified atom stereocenters. The third kappa shape index (κ3) is 6.10. The Hall–Kier alpha value is -0.220. The second kappa shape index (κ2) is 7.39. The van der Waals surface area contributed by atoms with Crippen LogP contribution in [-0.4, -0.2) is 36.7 Å². The maximum atomic E-state index is 5.54. The highest BCUT2D eigenvalue weighted by atomic mass is 32.2. The van der Waals surface area contributed by atoms with Crippen molar-refractivity contribution in [2.24, 2.45) is 16.3 Å². The van der Waals surface area contributed by atoms with Gasteiger partial charge in [-0.1, -0.05) is 46.4 Å². The number of thioether (sulfide) groups is 1. The van der Waals surface area contributed by atoms with Crippen molar-refractivity contribution < 1.29 is 4.74 Å². The lowest BCUT2D eigenvalue weighted by Gasteiger charge is -2.35. The third-order valence-corrected chi connectivity index (χ3v) is 3.89. The van der Waals surface area contributed by atoms with Gasteiger partial charge < -0.3 is 10.1 Å². The van der Waals surface area contributed by atoms with Crippen LogP contribution in [0, 0.1) is 11.3 Å². The number of hydrogen-bond acceptors (Lipinski definition) is 3. The molecule has 1 saturated heterocycles. The summed E-state index contributed by atoms with van der Waals surface area (Å²) in [5.74, 6) is 1.77. The zero-order valence-electron chi connectivity index (χ0n) is 12.5. The zero-order valence-corrected chi connectivity index (χ0v) is 13.3. The van der Waals surface area contributed by atoms with Crippen LogP contribution in [-0.2, 0) is 4.74 Å². The minimum Gasteiger partial charge on any atom is -0.379 e. The smallest absolute Gasteiger partial charge is 0.156 e. The van der Waals surface area contributed by atoms with Crippen molar-refractivity contribution in [1.29, 1.82) is 0 Å². The molecular weight excluding hydrogens is 244 g/mol. The predicted octanol–water partition coefficient (Wildman–Crippen LogP) is 3.16. The Morgan fingerprint density at radius 3 is 2.78 bits per heavy atom. The molecule has 0 spiro atoms. The Kier molecular flexibility index (Phi) is 6.50. The molecule has 3 nitrogen and oxygen atoms in total. The van der Waals surface area contributed by atoms with Gasteiger partial charge in [0.1, 0.15) is 0 Å². The molecule has 0 saturated carbocycles. The van der Waals surface area contributed by atoms with Crippen LogP contribution in [0.15, 0.2) is 4.99 Å². The van der Waals surface area contributed by atoms with E-state index in [1.165, 1.54) is 12.2 Å². The highest BCUT2D eigenvalue weighted by Crippen LogP contribution is 2.27. The van der Waals surface area contributed by atoms with Crippen molar-refractivity contribution in [2.45, 2.75) is 47.1 Å². The predicted molar refractivity (Wildman–Crippen MR) is 81.4 cm³/mol. The molecule has 1 aliphatic heterocycles. The fraction of sp³-hybridized carbons (Fsp3) is 0.929.